The second-order valence-electron chi connectivity index (χ2n) is 4.19. The van der Waals surface area contributed by atoms with Gasteiger partial charge < -0.3 is 5.11 Å². The van der Waals surface area contributed by atoms with Gasteiger partial charge in [0.1, 0.15) is 11.3 Å². The van der Waals surface area contributed by atoms with Gasteiger partial charge in [-0.1, -0.05) is 6.07 Å². The number of hydrogen-bond acceptors (Lipinski definition) is 5. The molecule has 1 aliphatic rings. The smallest absolute Gasteiger partial charge is 0.235 e. The number of aromatic hydroxyl groups is 1. The molecule has 1 aromatic carbocycles. The highest BCUT2D eigenvalue weighted by atomic mass is 32.2. The van der Waals surface area contributed by atoms with E-state index in [-0.39, 0.29) is 10.6 Å². The standard InChI is InChI=1S/C11H11NO4S/c1-17(15,16)8-2-3-9(10(14)6-8)11(4-5-11)12-7-13/h2-3,6,14H,4-5H2,1H3. The van der Waals surface area contributed by atoms with Crippen molar-refractivity contribution in [2.24, 2.45) is 4.99 Å². The number of nitrogens with zero attached hydrogens (tertiary/aromatic N) is 1. The predicted octanol–water partition coefficient (Wildman–Crippen LogP) is 1.12. The van der Waals surface area contributed by atoms with Crippen LogP contribution in [0, 0.1) is 0 Å². The van der Waals surface area contributed by atoms with Gasteiger partial charge in [0.2, 0.25) is 6.08 Å². The molecule has 0 atom stereocenters. The van der Waals surface area contributed by atoms with Gasteiger partial charge in [-0.3, -0.25) is 0 Å². The third-order valence-electron chi connectivity index (χ3n) is 2.88. The van der Waals surface area contributed by atoms with Crippen LogP contribution in [0.15, 0.2) is 28.1 Å². The van der Waals surface area contributed by atoms with Crippen molar-refractivity contribution in [3.63, 3.8) is 0 Å². The first-order chi connectivity index (χ1) is 7.89. The van der Waals surface area contributed by atoms with Crippen molar-refractivity contribution in [2.45, 2.75) is 23.3 Å². The van der Waals surface area contributed by atoms with Crippen molar-refractivity contribution in [1.29, 1.82) is 0 Å². The van der Waals surface area contributed by atoms with Crippen LogP contribution in [-0.4, -0.2) is 25.9 Å². The van der Waals surface area contributed by atoms with Crippen LogP contribution in [0.5, 0.6) is 5.75 Å². The lowest BCUT2D eigenvalue weighted by atomic mass is 10.0. The summed E-state index contributed by atoms with van der Waals surface area (Å²) in [6, 6.07) is 4.09. The fourth-order valence-electron chi connectivity index (χ4n) is 1.78. The maximum atomic E-state index is 11.3. The van der Waals surface area contributed by atoms with E-state index in [0.29, 0.717) is 18.4 Å². The molecule has 0 bridgehead atoms. The Morgan fingerprint density at radius 2 is 2.06 bits per heavy atom. The lowest BCUT2D eigenvalue weighted by Gasteiger charge is -2.11. The van der Waals surface area contributed by atoms with Crippen molar-refractivity contribution in [1.82, 2.24) is 0 Å². The van der Waals surface area contributed by atoms with Crippen LogP contribution < -0.4 is 0 Å². The lowest BCUT2D eigenvalue weighted by molar-refractivity contribution is 0.457. The number of benzene rings is 1. The zero-order valence-electron chi connectivity index (χ0n) is 9.17. The highest BCUT2D eigenvalue weighted by Crippen LogP contribution is 2.52. The molecule has 1 aliphatic carbocycles. The Hall–Kier alpha value is -1.65. The Labute approximate surface area is 98.7 Å². The van der Waals surface area contributed by atoms with E-state index in [0.717, 1.165) is 6.26 Å². The van der Waals surface area contributed by atoms with Gasteiger partial charge in [-0.05, 0) is 25.0 Å². The Balaban J connectivity index is 2.50. The molecule has 0 spiro atoms. The number of sulfone groups is 1. The monoisotopic (exact) mass is 253 g/mol. The summed E-state index contributed by atoms with van der Waals surface area (Å²) in [6.45, 7) is 0. The third-order valence-corrected chi connectivity index (χ3v) is 3.99. The van der Waals surface area contributed by atoms with Gasteiger partial charge in [0.15, 0.2) is 9.84 Å². The number of phenols is 1. The minimum Gasteiger partial charge on any atom is -0.508 e. The quantitative estimate of drug-likeness (QED) is 0.646. The molecule has 0 saturated heterocycles. The second-order valence-corrected chi connectivity index (χ2v) is 6.20. The fraction of sp³-hybridized carbons (Fsp3) is 0.364. The van der Waals surface area contributed by atoms with Crippen LogP contribution in [0.1, 0.15) is 18.4 Å². The minimum absolute atomic E-state index is 0.0460. The number of rotatable bonds is 3. The predicted molar refractivity (Wildman–Crippen MR) is 60.3 cm³/mol. The summed E-state index contributed by atoms with van der Waals surface area (Å²) in [7, 11) is -3.35. The van der Waals surface area contributed by atoms with E-state index in [2.05, 4.69) is 4.99 Å². The van der Waals surface area contributed by atoms with Crippen LogP contribution in [0.4, 0.5) is 0 Å². The molecule has 0 aliphatic heterocycles. The second kappa shape index (κ2) is 3.68. The van der Waals surface area contributed by atoms with Crippen LogP contribution in [0.2, 0.25) is 0 Å². The van der Waals surface area contributed by atoms with Crippen LogP contribution in [0.3, 0.4) is 0 Å². The van der Waals surface area contributed by atoms with Crippen molar-refractivity contribution in [3.8, 4) is 5.75 Å². The highest BCUT2D eigenvalue weighted by Gasteiger charge is 2.46. The first-order valence-electron chi connectivity index (χ1n) is 5.02. The maximum absolute atomic E-state index is 11.3. The molecule has 1 saturated carbocycles. The Morgan fingerprint density at radius 3 is 2.47 bits per heavy atom. The number of phenolic OH excluding ortho intramolecular Hbond substituents is 1. The fourth-order valence-corrected chi connectivity index (χ4v) is 2.42. The molecule has 0 amide bonds. The topological polar surface area (TPSA) is 83.8 Å². The summed E-state index contributed by atoms with van der Waals surface area (Å²) in [4.78, 5) is 14.0. The molecular weight excluding hydrogens is 242 g/mol. The van der Waals surface area contributed by atoms with Crippen molar-refractivity contribution in [3.05, 3.63) is 23.8 Å². The SMILES string of the molecule is CS(=O)(=O)c1ccc(C2(N=C=O)CC2)c(O)c1. The lowest BCUT2D eigenvalue weighted by Crippen LogP contribution is -2.04. The Kier molecular flexibility index (Phi) is 2.56. The molecule has 1 N–H and O–H groups in total. The van der Waals surface area contributed by atoms with E-state index < -0.39 is 15.4 Å². The molecule has 5 nitrogen and oxygen atoms in total. The number of hydrogen-bond donors (Lipinski definition) is 1. The minimum atomic E-state index is -3.35. The van der Waals surface area contributed by atoms with Gasteiger partial charge in [-0.25, -0.2) is 13.2 Å². The number of aliphatic imine (C=N–C) groups is 1. The van der Waals surface area contributed by atoms with Crippen LogP contribution in [-0.2, 0) is 20.2 Å². The average molecular weight is 253 g/mol. The summed E-state index contributed by atoms with van der Waals surface area (Å²) in [5.74, 6) is -0.149. The summed E-state index contributed by atoms with van der Waals surface area (Å²) in [6.07, 6.45) is 3.88. The number of isocyanates is 1. The van der Waals surface area contributed by atoms with E-state index >= 15 is 0 Å². The molecule has 1 fully saturated rings. The molecule has 1 aromatic rings. The van der Waals surface area contributed by atoms with Crippen molar-refractivity contribution >= 4 is 15.9 Å². The van der Waals surface area contributed by atoms with Gasteiger partial charge in [-0.15, -0.1) is 0 Å². The van der Waals surface area contributed by atoms with Crippen LogP contribution >= 0.6 is 0 Å². The zero-order valence-corrected chi connectivity index (χ0v) is 9.99. The Bertz CT molecular complexity index is 610. The summed E-state index contributed by atoms with van der Waals surface area (Å²) in [5, 5.41) is 9.80. The average Bonchev–Trinajstić information content (AvgIpc) is 2.97. The summed E-state index contributed by atoms with van der Waals surface area (Å²) < 4.78 is 22.6. The van der Waals surface area contributed by atoms with Crippen molar-refractivity contribution < 1.29 is 18.3 Å². The maximum Gasteiger partial charge on any atom is 0.235 e. The van der Waals surface area contributed by atoms with Crippen molar-refractivity contribution in [2.75, 3.05) is 6.26 Å². The Morgan fingerprint density at radius 1 is 1.41 bits per heavy atom. The normalized spacial score (nSPS) is 17.2. The van der Waals surface area contributed by atoms with E-state index in [4.69, 9.17) is 0 Å². The summed E-state index contributed by atoms with van der Waals surface area (Å²) >= 11 is 0. The molecule has 17 heavy (non-hydrogen) atoms. The van der Waals surface area contributed by atoms with Gasteiger partial charge >= 0.3 is 0 Å². The highest BCUT2D eigenvalue weighted by molar-refractivity contribution is 7.90. The molecule has 6 heteroatoms. The van der Waals surface area contributed by atoms with Gasteiger partial charge in [0.05, 0.1) is 4.90 Å². The van der Waals surface area contributed by atoms with E-state index in [1.807, 2.05) is 0 Å². The molecule has 0 radical (unpaired) electrons. The molecule has 0 heterocycles. The third kappa shape index (κ3) is 2.09. The van der Waals surface area contributed by atoms with Gasteiger partial charge in [-0.2, -0.15) is 4.99 Å². The molecule has 90 valence electrons. The molecule has 0 aromatic heterocycles. The van der Waals surface area contributed by atoms with Gasteiger partial charge in [0.25, 0.3) is 0 Å². The zero-order chi connectivity index (χ0) is 12.7. The summed E-state index contributed by atoms with van der Waals surface area (Å²) in [5.41, 5.74) is -0.213. The van der Waals surface area contributed by atoms with Gasteiger partial charge in [0, 0.05) is 11.8 Å². The molecule has 0 unspecified atom stereocenters. The molecule has 2 rings (SSSR count). The number of carbonyl (C=O) groups excluding carboxylic acids is 1. The first kappa shape index (κ1) is 11.8. The largest absolute Gasteiger partial charge is 0.508 e. The van der Waals surface area contributed by atoms with E-state index in [9.17, 15) is 18.3 Å². The molecular formula is C11H11NO4S. The van der Waals surface area contributed by atoms with Crippen LogP contribution in [0.25, 0.3) is 0 Å². The first-order valence-corrected chi connectivity index (χ1v) is 6.91. The van der Waals surface area contributed by atoms with E-state index in [1.54, 1.807) is 0 Å². The van der Waals surface area contributed by atoms with E-state index in [1.165, 1.54) is 24.3 Å².